The highest BCUT2D eigenvalue weighted by Gasteiger charge is 2.28. The lowest BCUT2D eigenvalue weighted by Crippen LogP contribution is -2.43. The molecule has 25 heavy (non-hydrogen) atoms. The third-order valence-corrected chi connectivity index (χ3v) is 4.66. The predicted octanol–water partition coefficient (Wildman–Crippen LogP) is 3.12. The van der Waals surface area contributed by atoms with Gasteiger partial charge in [-0.15, -0.1) is 0 Å². The lowest BCUT2D eigenvalue weighted by molar-refractivity contribution is -0.126. The van der Waals surface area contributed by atoms with E-state index in [1.807, 2.05) is 26.0 Å². The van der Waals surface area contributed by atoms with E-state index in [9.17, 15) is 9.59 Å². The third kappa shape index (κ3) is 6.01. The van der Waals surface area contributed by atoms with Crippen molar-refractivity contribution in [2.75, 3.05) is 26.2 Å². The largest absolute Gasteiger partial charge is 0.379 e. The second kappa shape index (κ2) is 9.78. The van der Waals surface area contributed by atoms with Crippen molar-refractivity contribution >= 4 is 23.4 Å². The molecule has 1 fully saturated rings. The van der Waals surface area contributed by atoms with Gasteiger partial charge in [-0.2, -0.15) is 0 Å². The molecule has 0 aliphatic carbocycles. The molecule has 0 radical (unpaired) electrons. The van der Waals surface area contributed by atoms with Gasteiger partial charge in [0.1, 0.15) is 0 Å². The Hall–Kier alpha value is -1.59. The molecule has 2 amide bonds. The molecule has 1 aliphatic heterocycles. The number of benzene rings is 1. The Morgan fingerprint density at radius 3 is 2.60 bits per heavy atom. The van der Waals surface area contributed by atoms with Gasteiger partial charge in [0.2, 0.25) is 5.91 Å². The van der Waals surface area contributed by atoms with Crippen LogP contribution in [0, 0.1) is 5.92 Å². The Bertz CT molecular complexity index is 584. The van der Waals surface area contributed by atoms with E-state index in [0.717, 1.165) is 6.42 Å². The Labute approximate surface area is 154 Å². The van der Waals surface area contributed by atoms with Gasteiger partial charge in [-0.3, -0.25) is 9.59 Å². The number of ether oxygens (including phenoxy) is 1. The van der Waals surface area contributed by atoms with E-state index < -0.39 is 0 Å². The second-order valence-corrected chi connectivity index (χ2v) is 7.02. The second-order valence-electron chi connectivity index (χ2n) is 6.61. The van der Waals surface area contributed by atoms with E-state index in [4.69, 9.17) is 16.3 Å². The average Bonchev–Trinajstić information content (AvgIpc) is 2.61. The molecule has 5 nitrogen and oxygen atoms in total. The number of amides is 2. The zero-order valence-corrected chi connectivity index (χ0v) is 15.7. The minimum Gasteiger partial charge on any atom is -0.379 e. The number of rotatable bonds is 7. The molecule has 1 aliphatic rings. The number of carbonyl (C=O) groups excluding carboxylic acids is 2. The van der Waals surface area contributed by atoms with Crippen LogP contribution in [0.2, 0.25) is 5.02 Å². The molecule has 1 aromatic rings. The summed E-state index contributed by atoms with van der Waals surface area (Å²) in [5.74, 6) is -0.00834. The maximum Gasteiger partial charge on any atom is 0.255 e. The number of likely N-dealkylation sites (tertiary alicyclic amines) is 1. The molecule has 0 aromatic heterocycles. The number of nitrogens with one attached hydrogen (secondary N) is 1. The fourth-order valence-corrected chi connectivity index (χ4v) is 3.11. The average molecular weight is 367 g/mol. The summed E-state index contributed by atoms with van der Waals surface area (Å²) < 4.78 is 5.45. The van der Waals surface area contributed by atoms with E-state index in [0.29, 0.717) is 49.7 Å². The number of nitrogens with zero attached hydrogens (tertiary/aromatic N) is 1. The van der Waals surface area contributed by atoms with Gasteiger partial charge in [-0.1, -0.05) is 23.7 Å². The molecule has 138 valence electrons. The Morgan fingerprint density at radius 1 is 1.28 bits per heavy atom. The summed E-state index contributed by atoms with van der Waals surface area (Å²) >= 11 is 6.10. The third-order valence-electron chi connectivity index (χ3n) is 4.33. The van der Waals surface area contributed by atoms with E-state index in [-0.39, 0.29) is 23.8 Å². The molecule has 0 unspecified atom stereocenters. The highest BCUT2D eigenvalue weighted by molar-refractivity contribution is 6.33. The van der Waals surface area contributed by atoms with Crippen LogP contribution in [0.5, 0.6) is 0 Å². The smallest absolute Gasteiger partial charge is 0.255 e. The maximum absolute atomic E-state index is 12.5. The Kier molecular flexibility index (Phi) is 7.72. The Balaban J connectivity index is 1.73. The predicted molar refractivity (Wildman–Crippen MR) is 98.8 cm³/mol. The van der Waals surface area contributed by atoms with Crippen LogP contribution < -0.4 is 5.32 Å². The van der Waals surface area contributed by atoms with Crippen molar-refractivity contribution in [3.63, 3.8) is 0 Å². The molecule has 0 atom stereocenters. The molecule has 1 aromatic carbocycles. The monoisotopic (exact) mass is 366 g/mol. The Morgan fingerprint density at radius 2 is 1.96 bits per heavy atom. The van der Waals surface area contributed by atoms with E-state index in [1.165, 1.54) is 0 Å². The zero-order chi connectivity index (χ0) is 18.2. The summed E-state index contributed by atoms with van der Waals surface area (Å²) in [5.41, 5.74) is 0.525. The molecular weight excluding hydrogens is 340 g/mol. The highest BCUT2D eigenvalue weighted by Crippen LogP contribution is 2.22. The molecule has 1 N–H and O–H groups in total. The molecule has 2 rings (SSSR count). The molecular formula is C19H27ClN2O3. The van der Waals surface area contributed by atoms with Gasteiger partial charge in [0.15, 0.2) is 0 Å². The standard InChI is InChI=1S/C19H27ClN2O3/c1-14(2)25-13-5-10-21-18(23)15-8-11-22(12-9-15)19(24)16-6-3-4-7-17(16)20/h3-4,6-7,14-15H,5,8-13H2,1-2H3,(H,21,23). The van der Waals surface area contributed by atoms with Crippen LogP contribution in [-0.4, -0.2) is 49.1 Å². The lowest BCUT2D eigenvalue weighted by atomic mass is 9.95. The van der Waals surface area contributed by atoms with E-state index >= 15 is 0 Å². The summed E-state index contributed by atoms with van der Waals surface area (Å²) in [5, 5.41) is 3.44. The first-order valence-electron chi connectivity index (χ1n) is 8.92. The summed E-state index contributed by atoms with van der Waals surface area (Å²) in [6.07, 6.45) is 2.40. The van der Waals surface area contributed by atoms with Crippen molar-refractivity contribution in [2.45, 2.75) is 39.2 Å². The van der Waals surface area contributed by atoms with Crippen LogP contribution in [-0.2, 0) is 9.53 Å². The van der Waals surface area contributed by atoms with Gasteiger partial charge < -0.3 is 15.0 Å². The molecule has 0 bridgehead atoms. The first-order chi connectivity index (χ1) is 12.0. The number of hydrogen-bond acceptors (Lipinski definition) is 3. The van der Waals surface area contributed by atoms with Gasteiger partial charge in [-0.25, -0.2) is 0 Å². The number of halogens is 1. The van der Waals surface area contributed by atoms with Gasteiger partial charge in [0.25, 0.3) is 5.91 Å². The molecule has 0 saturated carbocycles. The number of hydrogen-bond donors (Lipinski definition) is 1. The summed E-state index contributed by atoms with van der Waals surface area (Å²) in [7, 11) is 0. The molecule has 0 spiro atoms. The summed E-state index contributed by atoms with van der Waals surface area (Å²) in [6, 6.07) is 7.07. The zero-order valence-electron chi connectivity index (χ0n) is 15.0. The maximum atomic E-state index is 12.5. The van der Waals surface area contributed by atoms with E-state index in [1.54, 1.807) is 17.0 Å². The first-order valence-corrected chi connectivity index (χ1v) is 9.30. The van der Waals surface area contributed by atoms with Crippen LogP contribution in [0.3, 0.4) is 0 Å². The molecule has 1 heterocycles. The fraction of sp³-hybridized carbons (Fsp3) is 0.579. The summed E-state index contributed by atoms with van der Waals surface area (Å²) in [6.45, 7) is 6.44. The topological polar surface area (TPSA) is 58.6 Å². The minimum absolute atomic E-state index is 0.0266. The lowest BCUT2D eigenvalue weighted by Gasteiger charge is -2.31. The first kappa shape index (κ1) is 19.7. The van der Waals surface area contributed by atoms with Gasteiger partial charge in [-0.05, 0) is 45.2 Å². The van der Waals surface area contributed by atoms with Crippen molar-refractivity contribution in [1.29, 1.82) is 0 Å². The van der Waals surface area contributed by atoms with Crippen LogP contribution >= 0.6 is 11.6 Å². The van der Waals surface area contributed by atoms with Crippen LogP contribution in [0.4, 0.5) is 0 Å². The molecule has 1 saturated heterocycles. The van der Waals surface area contributed by atoms with Gasteiger partial charge >= 0.3 is 0 Å². The van der Waals surface area contributed by atoms with Gasteiger partial charge in [0.05, 0.1) is 16.7 Å². The SMILES string of the molecule is CC(C)OCCCNC(=O)C1CCN(C(=O)c2ccccc2Cl)CC1. The van der Waals surface area contributed by atoms with Crippen molar-refractivity contribution in [2.24, 2.45) is 5.92 Å². The van der Waals surface area contributed by atoms with Crippen molar-refractivity contribution in [3.8, 4) is 0 Å². The summed E-state index contributed by atoms with van der Waals surface area (Å²) in [4.78, 5) is 26.5. The van der Waals surface area contributed by atoms with Crippen molar-refractivity contribution < 1.29 is 14.3 Å². The van der Waals surface area contributed by atoms with Crippen LogP contribution in [0.15, 0.2) is 24.3 Å². The molecule has 6 heteroatoms. The normalized spacial score (nSPS) is 15.4. The van der Waals surface area contributed by atoms with Crippen LogP contribution in [0.25, 0.3) is 0 Å². The van der Waals surface area contributed by atoms with Crippen LogP contribution in [0.1, 0.15) is 43.5 Å². The van der Waals surface area contributed by atoms with E-state index in [2.05, 4.69) is 5.32 Å². The highest BCUT2D eigenvalue weighted by atomic mass is 35.5. The fourth-order valence-electron chi connectivity index (χ4n) is 2.90. The number of carbonyl (C=O) groups is 2. The van der Waals surface area contributed by atoms with Crippen molar-refractivity contribution in [3.05, 3.63) is 34.9 Å². The quantitative estimate of drug-likeness (QED) is 0.754. The number of piperidine rings is 1. The van der Waals surface area contributed by atoms with Gasteiger partial charge in [0, 0.05) is 32.2 Å². The minimum atomic E-state index is -0.0599. The van der Waals surface area contributed by atoms with Crippen molar-refractivity contribution in [1.82, 2.24) is 10.2 Å².